The minimum Gasteiger partial charge on any atom is -0.207 e. The fourth-order valence-electron chi connectivity index (χ4n) is 2.16. The molecule has 0 radical (unpaired) electrons. The molecule has 0 unspecified atom stereocenters. The van der Waals surface area contributed by atoms with E-state index < -0.39 is 0 Å². The highest BCUT2D eigenvalue weighted by Gasteiger charge is 1.96. The summed E-state index contributed by atoms with van der Waals surface area (Å²) in [5.74, 6) is -0.109. The summed E-state index contributed by atoms with van der Waals surface area (Å²) in [4.78, 5) is 0. The molecule has 0 saturated carbocycles. The molecular weight excluding hydrogens is 211 g/mol. The molecule has 0 aromatic heterocycles. The van der Waals surface area contributed by atoms with Crippen molar-refractivity contribution in [1.29, 1.82) is 0 Å². The predicted octanol–water partition coefficient (Wildman–Crippen LogP) is 5.51. The van der Waals surface area contributed by atoms with E-state index in [0.717, 1.165) is 12.0 Å². The third kappa shape index (κ3) is 7.14. The lowest BCUT2D eigenvalue weighted by Crippen LogP contribution is -1.87. The first-order chi connectivity index (χ1) is 8.33. The Morgan fingerprint density at radius 3 is 2.18 bits per heavy atom. The molecule has 1 rings (SSSR count). The molecular formula is C16H25F. The van der Waals surface area contributed by atoms with Crippen LogP contribution in [-0.4, -0.2) is 0 Å². The van der Waals surface area contributed by atoms with Gasteiger partial charge in [0.05, 0.1) is 0 Å². The van der Waals surface area contributed by atoms with Crippen molar-refractivity contribution in [2.24, 2.45) is 0 Å². The first kappa shape index (κ1) is 14.2. The number of rotatable bonds is 9. The second-order valence-electron chi connectivity index (χ2n) is 4.85. The molecule has 0 atom stereocenters. The van der Waals surface area contributed by atoms with Gasteiger partial charge in [0, 0.05) is 0 Å². The second kappa shape index (κ2) is 9.21. The Kier molecular flexibility index (Phi) is 7.70. The Bertz CT molecular complexity index is 293. The molecule has 1 aromatic carbocycles. The molecule has 0 spiro atoms. The molecule has 0 amide bonds. The zero-order valence-electron chi connectivity index (χ0n) is 11.1. The van der Waals surface area contributed by atoms with Gasteiger partial charge in [0.2, 0.25) is 0 Å². The van der Waals surface area contributed by atoms with Crippen molar-refractivity contribution in [2.45, 2.75) is 64.7 Å². The lowest BCUT2D eigenvalue weighted by atomic mass is 10.0. The van der Waals surface area contributed by atoms with Crippen LogP contribution < -0.4 is 0 Å². The molecule has 0 aliphatic heterocycles. The summed E-state index contributed by atoms with van der Waals surface area (Å²) >= 11 is 0. The van der Waals surface area contributed by atoms with Crippen LogP contribution in [0.4, 0.5) is 4.39 Å². The third-order valence-corrected chi connectivity index (χ3v) is 3.21. The van der Waals surface area contributed by atoms with Crippen molar-refractivity contribution < 1.29 is 4.39 Å². The Hall–Kier alpha value is -0.850. The smallest absolute Gasteiger partial charge is 0.123 e. The van der Waals surface area contributed by atoms with E-state index in [1.807, 2.05) is 6.07 Å². The lowest BCUT2D eigenvalue weighted by Gasteiger charge is -2.02. The lowest BCUT2D eigenvalue weighted by molar-refractivity contribution is 0.574. The summed E-state index contributed by atoms with van der Waals surface area (Å²) < 4.78 is 12.9. The Balaban J connectivity index is 1.97. The van der Waals surface area contributed by atoms with E-state index in [-0.39, 0.29) is 5.82 Å². The van der Waals surface area contributed by atoms with Gasteiger partial charge in [-0.2, -0.15) is 0 Å². The topological polar surface area (TPSA) is 0 Å². The Labute approximate surface area is 105 Å². The summed E-state index contributed by atoms with van der Waals surface area (Å²) in [6.07, 6.45) is 11.7. The summed E-state index contributed by atoms with van der Waals surface area (Å²) in [7, 11) is 0. The van der Waals surface area contributed by atoms with Crippen LogP contribution in [0.2, 0.25) is 0 Å². The Morgan fingerprint density at radius 2 is 1.53 bits per heavy atom. The van der Waals surface area contributed by atoms with Crippen LogP contribution in [-0.2, 0) is 6.42 Å². The van der Waals surface area contributed by atoms with Crippen molar-refractivity contribution in [3.63, 3.8) is 0 Å². The van der Waals surface area contributed by atoms with Crippen LogP contribution in [0.1, 0.15) is 63.9 Å². The highest BCUT2D eigenvalue weighted by atomic mass is 19.1. The first-order valence-electron chi connectivity index (χ1n) is 7.07. The molecule has 0 nitrogen and oxygen atoms in total. The maximum Gasteiger partial charge on any atom is 0.123 e. The first-order valence-corrected chi connectivity index (χ1v) is 7.07. The SMILES string of the molecule is CCCCCCCCCCc1cccc(F)c1. The fourth-order valence-corrected chi connectivity index (χ4v) is 2.16. The highest BCUT2D eigenvalue weighted by molar-refractivity contribution is 5.16. The van der Waals surface area contributed by atoms with E-state index in [1.165, 1.54) is 57.4 Å². The van der Waals surface area contributed by atoms with Crippen LogP contribution in [0.3, 0.4) is 0 Å². The maximum atomic E-state index is 12.9. The van der Waals surface area contributed by atoms with Gasteiger partial charge in [0.1, 0.15) is 5.82 Å². The number of halogens is 1. The molecule has 0 saturated heterocycles. The molecule has 0 N–H and O–H groups in total. The molecule has 1 heteroatoms. The normalized spacial score (nSPS) is 10.7. The van der Waals surface area contributed by atoms with E-state index in [0.29, 0.717) is 0 Å². The highest BCUT2D eigenvalue weighted by Crippen LogP contribution is 2.12. The van der Waals surface area contributed by atoms with Crippen LogP contribution in [0.25, 0.3) is 0 Å². The summed E-state index contributed by atoms with van der Waals surface area (Å²) in [6, 6.07) is 6.98. The minimum atomic E-state index is -0.109. The average molecular weight is 236 g/mol. The van der Waals surface area contributed by atoms with Crippen LogP contribution in [0.15, 0.2) is 24.3 Å². The molecule has 0 fully saturated rings. The van der Waals surface area contributed by atoms with E-state index in [1.54, 1.807) is 12.1 Å². The van der Waals surface area contributed by atoms with Crippen molar-refractivity contribution in [3.05, 3.63) is 35.6 Å². The second-order valence-corrected chi connectivity index (χ2v) is 4.85. The van der Waals surface area contributed by atoms with Gasteiger partial charge < -0.3 is 0 Å². The standard InChI is InChI=1S/C16H25F/c1-2-3-4-5-6-7-8-9-11-15-12-10-13-16(17)14-15/h10,12-14H,2-9,11H2,1H3. The van der Waals surface area contributed by atoms with Crippen molar-refractivity contribution in [1.82, 2.24) is 0 Å². The molecule has 17 heavy (non-hydrogen) atoms. The van der Waals surface area contributed by atoms with Crippen LogP contribution in [0, 0.1) is 5.82 Å². The van der Waals surface area contributed by atoms with Gasteiger partial charge in [0.15, 0.2) is 0 Å². The van der Waals surface area contributed by atoms with Gasteiger partial charge in [-0.25, -0.2) is 4.39 Å². The number of hydrogen-bond acceptors (Lipinski definition) is 0. The minimum absolute atomic E-state index is 0.109. The quantitative estimate of drug-likeness (QED) is 0.496. The number of hydrogen-bond donors (Lipinski definition) is 0. The summed E-state index contributed by atoms with van der Waals surface area (Å²) in [5.41, 5.74) is 1.14. The zero-order valence-corrected chi connectivity index (χ0v) is 11.1. The molecule has 0 heterocycles. The molecule has 0 bridgehead atoms. The van der Waals surface area contributed by atoms with Crippen molar-refractivity contribution in [2.75, 3.05) is 0 Å². The van der Waals surface area contributed by atoms with E-state index in [9.17, 15) is 4.39 Å². The predicted molar refractivity (Wildman–Crippen MR) is 72.7 cm³/mol. The number of aryl methyl sites for hydroxylation is 1. The third-order valence-electron chi connectivity index (χ3n) is 3.21. The molecule has 96 valence electrons. The summed E-state index contributed by atoms with van der Waals surface area (Å²) in [6.45, 7) is 2.25. The average Bonchev–Trinajstić information content (AvgIpc) is 2.33. The molecule has 1 aromatic rings. The Morgan fingerprint density at radius 1 is 0.882 bits per heavy atom. The van der Waals surface area contributed by atoms with E-state index >= 15 is 0 Å². The largest absolute Gasteiger partial charge is 0.207 e. The van der Waals surface area contributed by atoms with Gasteiger partial charge in [-0.3, -0.25) is 0 Å². The van der Waals surface area contributed by atoms with Gasteiger partial charge in [-0.1, -0.05) is 64.0 Å². The van der Waals surface area contributed by atoms with E-state index in [4.69, 9.17) is 0 Å². The van der Waals surface area contributed by atoms with Crippen molar-refractivity contribution in [3.8, 4) is 0 Å². The fraction of sp³-hybridized carbons (Fsp3) is 0.625. The van der Waals surface area contributed by atoms with Gasteiger partial charge in [-0.05, 0) is 30.5 Å². The summed E-state index contributed by atoms with van der Waals surface area (Å²) in [5, 5.41) is 0. The van der Waals surface area contributed by atoms with Crippen LogP contribution >= 0.6 is 0 Å². The van der Waals surface area contributed by atoms with Crippen molar-refractivity contribution >= 4 is 0 Å². The number of unbranched alkanes of at least 4 members (excludes halogenated alkanes) is 7. The monoisotopic (exact) mass is 236 g/mol. The van der Waals surface area contributed by atoms with Gasteiger partial charge in [-0.15, -0.1) is 0 Å². The van der Waals surface area contributed by atoms with Gasteiger partial charge >= 0.3 is 0 Å². The maximum absolute atomic E-state index is 12.9. The molecule has 0 aliphatic rings. The molecule has 0 aliphatic carbocycles. The number of benzene rings is 1. The van der Waals surface area contributed by atoms with Crippen LogP contribution in [0.5, 0.6) is 0 Å². The van der Waals surface area contributed by atoms with E-state index in [2.05, 4.69) is 6.92 Å². The zero-order chi connectivity index (χ0) is 12.3. The van der Waals surface area contributed by atoms with Gasteiger partial charge in [0.25, 0.3) is 0 Å².